The second-order valence-corrected chi connectivity index (χ2v) is 4.87. The zero-order chi connectivity index (χ0) is 13.7. The van der Waals surface area contributed by atoms with Crippen LogP contribution in [0, 0.1) is 6.92 Å². The van der Waals surface area contributed by atoms with Crippen molar-refractivity contribution < 1.29 is 14.4 Å². The third-order valence-electron chi connectivity index (χ3n) is 2.36. The number of aromatic nitrogens is 1. The fourth-order valence-corrected chi connectivity index (χ4v) is 2.08. The lowest BCUT2D eigenvalue weighted by Gasteiger charge is -2.05. The molecule has 6 heteroatoms. The van der Waals surface area contributed by atoms with Gasteiger partial charge in [0.05, 0.1) is 17.8 Å². The maximum atomic E-state index is 11.5. The van der Waals surface area contributed by atoms with Crippen molar-refractivity contribution in [1.82, 2.24) is 10.5 Å². The summed E-state index contributed by atoms with van der Waals surface area (Å²) in [5.74, 6) is 0.406. The Morgan fingerprint density at radius 1 is 1.37 bits per heavy atom. The molecule has 0 bridgehead atoms. The van der Waals surface area contributed by atoms with Gasteiger partial charge in [0.2, 0.25) is 0 Å². The van der Waals surface area contributed by atoms with E-state index in [0.29, 0.717) is 17.9 Å². The maximum absolute atomic E-state index is 11.5. The summed E-state index contributed by atoms with van der Waals surface area (Å²) in [6, 6.07) is 6.83. The Kier molecular flexibility index (Phi) is 4.48. The quantitative estimate of drug-likeness (QED) is 0.853. The third-order valence-corrected chi connectivity index (χ3v) is 3.19. The first-order chi connectivity index (χ1) is 9.19. The molecule has 1 aromatic heterocycles. The number of aryl methyl sites for hydroxylation is 1. The van der Waals surface area contributed by atoms with Gasteiger partial charge in [-0.2, -0.15) is 0 Å². The molecule has 0 atom stereocenters. The number of nitrogens with one attached hydrogen (secondary N) is 1. The van der Waals surface area contributed by atoms with E-state index >= 15 is 0 Å². The Morgan fingerprint density at radius 2 is 2.11 bits per heavy atom. The summed E-state index contributed by atoms with van der Waals surface area (Å²) < 4.78 is 5.58. The van der Waals surface area contributed by atoms with Gasteiger partial charge in [-0.25, -0.2) is 10.5 Å². The molecule has 19 heavy (non-hydrogen) atoms. The number of carbonyl (C=O) groups excluding carboxylic acids is 1. The summed E-state index contributed by atoms with van der Waals surface area (Å²) in [5.41, 5.74) is 3.67. The Bertz CT molecular complexity index is 551. The molecule has 0 aliphatic carbocycles. The smallest absolute Gasteiger partial charge is 0.274 e. The van der Waals surface area contributed by atoms with Crippen LogP contribution in [0.4, 0.5) is 0 Å². The van der Waals surface area contributed by atoms with Crippen LogP contribution in [0.3, 0.4) is 0 Å². The van der Waals surface area contributed by atoms with Crippen LogP contribution >= 0.6 is 11.3 Å². The van der Waals surface area contributed by atoms with Crippen LogP contribution in [0.2, 0.25) is 0 Å². The van der Waals surface area contributed by atoms with Crippen LogP contribution in [0.15, 0.2) is 29.6 Å². The monoisotopic (exact) mass is 278 g/mol. The number of thiazole rings is 1. The Balaban J connectivity index is 1.93. The third kappa shape index (κ3) is 3.77. The zero-order valence-corrected chi connectivity index (χ0v) is 11.5. The molecule has 0 radical (unpaired) electrons. The standard InChI is InChI=1S/C13H14N2O3S/c1-9-14-11(8-19-9)7-18-12-5-3-10(4-6-12)13(16)15-17-2/h3-6,8H,7H2,1-2H3,(H,15,16). The summed E-state index contributed by atoms with van der Waals surface area (Å²) >= 11 is 1.59. The van der Waals surface area contributed by atoms with Crippen molar-refractivity contribution in [3.05, 3.63) is 45.9 Å². The van der Waals surface area contributed by atoms with Crippen molar-refractivity contribution in [2.75, 3.05) is 7.11 Å². The highest BCUT2D eigenvalue weighted by Crippen LogP contribution is 2.15. The van der Waals surface area contributed by atoms with E-state index in [4.69, 9.17) is 4.74 Å². The van der Waals surface area contributed by atoms with Crippen molar-refractivity contribution in [3.63, 3.8) is 0 Å². The van der Waals surface area contributed by atoms with E-state index in [2.05, 4.69) is 15.3 Å². The van der Waals surface area contributed by atoms with Gasteiger partial charge in [-0.3, -0.25) is 9.63 Å². The Hall–Kier alpha value is -1.92. The normalized spacial score (nSPS) is 10.2. The molecule has 0 aliphatic rings. The molecule has 2 aromatic rings. The second kappa shape index (κ2) is 6.31. The number of hydroxylamine groups is 1. The maximum Gasteiger partial charge on any atom is 0.274 e. The highest BCUT2D eigenvalue weighted by molar-refractivity contribution is 7.09. The first-order valence-electron chi connectivity index (χ1n) is 5.66. The molecule has 0 spiro atoms. The van der Waals surface area contributed by atoms with Crippen LogP contribution in [-0.4, -0.2) is 18.0 Å². The Labute approximate surface area is 115 Å². The SMILES string of the molecule is CONC(=O)c1ccc(OCc2csc(C)n2)cc1. The molecule has 0 unspecified atom stereocenters. The molecule has 1 amide bonds. The van der Waals surface area contributed by atoms with Gasteiger partial charge >= 0.3 is 0 Å². The number of hydrogen-bond donors (Lipinski definition) is 1. The number of benzene rings is 1. The predicted molar refractivity (Wildman–Crippen MR) is 72.1 cm³/mol. The van der Waals surface area contributed by atoms with Crippen LogP contribution in [0.1, 0.15) is 21.1 Å². The molecule has 0 aliphatic heterocycles. The predicted octanol–water partition coefficient (Wildman–Crippen LogP) is 2.32. The van der Waals surface area contributed by atoms with Crippen molar-refractivity contribution in [2.45, 2.75) is 13.5 Å². The molecular formula is C13H14N2O3S. The van der Waals surface area contributed by atoms with E-state index in [-0.39, 0.29) is 5.91 Å². The van der Waals surface area contributed by atoms with E-state index in [9.17, 15) is 4.79 Å². The summed E-state index contributed by atoms with van der Waals surface area (Å²) in [6.45, 7) is 2.38. The van der Waals surface area contributed by atoms with Gasteiger partial charge in [-0.15, -0.1) is 11.3 Å². The van der Waals surface area contributed by atoms with Crippen LogP contribution in [-0.2, 0) is 11.4 Å². The van der Waals surface area contributed by atoms with Gasteiger partial charge in [0.15, 0.2) is 0 Å². The molecule has 100 valence electrons. The van der Waals surface area contributed by atoms with Crippen molar-refractivity contribution in [1.29, 1.82) is 0 Å². The molecule has 0 fully saturated rings. The summed E-state index contributed by atoms with van der Waals surface area (Å²) in [7, 11) is 1.39. The minimum Gasteiger partial charge on any atom is -0.487 e. The first-order valence-corrected chi connectivity index (χ1v) is 6.54. The molecule has 1 aromatic carbocycles. The van der Waals surface area contributed by atoms with Gasteiger partial charge < -0.3 is 4.74 Å². The lowest BCUT2D eigenvalue weighted by molar-refractivity contribution is 0.0537. The molecule has 0 saturated carbocycles. The molecule has 1 heterocycles. The number of rotatable bonds is 5. The van der Waals surface area contributed by atoms with Gasteiger partial charge in [-0.1, -0.05) is 0 Å². The van der Waals surface area contributed by atoms with E-state index in [1.165, 1.54) is 7.11 Å². The number of ether oxygens (including phenoxy) is 1. The summed E-state index contributed by atoms with van der Waals surface area (Å²) in [6.07, 6.45) is 0. The highest BCUT2D eigenvalue weighted by Gasteiger charge is 2.05. The van der Waals surface area contributed by atoms with Crippen LogP contribution in [0.25, 0.3) is 0 Å². The molecule has 0 saturated heterocycles. The second-order valence-electron chi connectivity index (χ2n) is 3.81. The highest BCUT2D eigenvalue weighted by atomic mass is 32.1. The fraction of sp³-hybridized carbons (Fsp3) is 0.231. The topological polar surface area (TPSA) is 60.5 Å². The van der Waals surface area contributed by atoms with Gasteiger partial charge in [0.1, 0.15) is 12.4 Å². The van der Waals surface area contributed by atoms with Crippen molar-refractivity contribution in [3.8, 4) is 5.75 Å². The first kappa shape index (κ1) is 13.5. The summed E-state index contributed by atoms with van der Waals surface area (Å²) in [5, 5.41) is 2.99. The molecule has 5 nitrogen and oxygen atoms in total. The number of carbonyl (C=O) groups is 1. The van der Waals surface area contributed by atoms with Gasteiger partial charge in [0, 0.05) is 10.9 Å². The number of nitrogens with zero attached hydrogens (tertiary/aromatic N) is 1. The van der Waals surface area contributed by atoms with E-state index in [1.807, 2.05) is 12.3 Å². The van der Waals surface area contributed by atoms with E-state index in [0.717, 1.165) is 10.7 Å². The zero-order valence-electron chi connectivity index (χ0n) is 10.7. The minimum atomic E-state index is -0.288. The van der Waals surface area contributed by atoms with Crippen LogP contribution < -0.4 is 10.2 Å². The van der Waals surface area contributed by atoms with Crippen molar-refractivity contribution in [2.24, 2.45) is 0 Å². The van der Waals surface area contributed by atoms with Gasteiger partial charge in [-0.05, 0) is 31.2 Å². The fourth-order valence-electron chi connectivity index (χ4n) is 1.49. The average Bonchev–Trinajstić information content (AvgIpc) is 2.83. The number of amides is 1. The molecule has 2 rings (SSSR count). The van der Waals surface area contributed by atoms with E-state index < -0.39 is 0 Å². The van der Waals surface area contributed by atoms with E-state index in [1.54, 1.807) is 35.6 Å². The minimum absolute atomic E-state index is 0.288. The lowest BCUT2D eigenvalue weighted by atomic mass is 10.2. The Morgan fingerprint density at radius 3 is 2.68 bits per heavy atom. The average molecular weight is 278 g/mol. The molecule has 1 N–H and O–H groups in total. The molecular weight excluding hydrogens is 264 g/mol. The van der Waals surface area contributed by atoms with Crippen molar-refractivity contribution >= 4 is 17.2 Å². The van der Waals surface area contributed by atoms with Gasteiger partial charge in [0.25, 0.3) is 5.91 Å². The number of hydrogen-bond acceptors (Lipinski definition) is 5. The lowest BCUT2D eigenvalue weighted by Crippen LogP contribution is -2.21. The summed E-state index contributed by atoms with van der Waals surface area (Å²) in [4.78, 5) is 20.3. The largest absolute Gasteiger partial charge is 0.487 e. The van der Waals surface area contributed by atoms with Crippen LogP contribution in [0.5, 0.6) is 5.75 Å².